The zero-order valence-electron chi connectivity index (χ0n) is 19.5. The number of H-pyrrole nitrogens is 1. The summed E-state index contributed by atoms with van der Waals surface area (Å²) >= 11 is 7.25. The minimum atomic E-state index is -4.03. The first kappa shape index (κ1) is 26.8. The molecule has 3 aromatic carbocycles. The number of benzene rings is 3. The minimum Gasteiger partial charge on any atom is -0.354 e. The van der Waals surface area contributed by atoms with E-state index in [1.54, 1.807) is 0 Å². The molecule has 0 atom stereocenters. The van der Waals surface area contributed by atoms with Gasteiger partial charge in [-0.15, -0.1) is 5.10 Å². The average molecular weight is 560 g/mol. The molecule has 0 fully saturated rings. The highest BCUT2D eigenvalue weighted by molar-refractivity contribution is 7.99. The molecule has 0 radical (unpaired) electrons. The molecule has 1 aromatic heterocycles. The van der Waals surface area contributed by atoms with Gasteiger partial charge in [0.25, 0.3) is 0 Å². The number of halogens is 2. The summed E-state index contributed by atoms with van der Waals surface area (Å²) in [6.07, 6.45) is 0. The summed E-state index contributed by atoms with van der Waals surface area (Å²) in [7, 11) is -4.03. The van der Waals surface area contributed by atoms with Crippen LogP contribution < -0.4 is 5.32 Å². The van der Waals surface area contributed by atoms with Crippen LogP contribution in [0, 0.1) is 5.82 Å². The second kappa shape index (κ2) is 12.3. The number of amides is 1. The van der Waals surface area contributed by atoms with Crippen molar-refractivity contribution >= 4 is 39.3 Å². The third kappa shape index (κ3) is 7.39. The van der Waals surface area contributed by atoms with Gasteiger partial charge in [-0.05, 0) is 42.0 Å². The molecule has 0 saturated carbocycles. The second-order valence-corrected chi connectivity index (χ2v) is 11.3. The fourth-order valence-corrected chi connectivity index (χ4v) is 5.52. The van der Waals surface area contributed by atoms with Crippen molar-refractivity contribution in [3.05, 3.63) is 95.3 Å². The number of sulfonamides is 1. The van der Waals surface area contributed by atoms with Gasteiger partial charge >= 0.3 is 0 Å². The van der Waals surface area contributed by atoms with E-state index in [0.29, 0.717) is 27.3 Å². The van der Waals surface area contributed by atoms with Crippen molar-refractivity contribution in [1.29, 1.82) is 0 Å². The number of aromatic amines is 1. The van der Waals surface area contributed by atoms with Crippen LogP contribution in [0.3, 0.4) is 0 Å². The van der Waals surface area contributed by atoms with Crippen LogP contribution >= 0.6 is 23.4 Å². The van der Waals surface area contributed by atoms with Crippen molar-refractivity contribution in [2.24, 2.45) is 0 Å². The van der Waals surface area contributed by atoms with Crippen LogP contribution in [0.25, 0.3) is 11.4 Å². The SMILES string of the molecule is O=C(CN(Cc1ccc(F)cc1)S(=O)(=O)c1ccc(Cl)cc1)NCCSc1n[nH]c(-c2ccccc2)n1. The number of thioether (sulfide) groups is 1. The second-order valence-electron chi connectivity index (χ2n) is 7.88. The lowest BCUT2D eigenvalue weighted by Crippen LogP contribution is -2.40. The van der Waals surface area contributed by atoms with E-state index in [2.05, 4.69) is 20.5 Å². The quantitative estimate of drug-likeness (QED) is 0.209. The van der Waals surface area contributed by atoms with Gasteiger partial charge in [0.1, 0.15) is 5.82 Å². The predicted octanol–water partition coefficient (Wildman–Crippen LogP) is 4.36. The number of hydrogen-bond donors (Lipinski definition) is 2. The summed E-state index contributed by atoms with van der Waals surface area (Å²) in [4.78, 5) is 17.1. The lowest BCUT2D eigenvalue weighted by molar-refractivity contribution is -0.121. The van der Waals surface area contributed by atoms with E-state index < -0.39 is 28.3 Å². The van der Waals surface area contributed by atoms with Crippen LogP contribution in [0.4, 0.5) is 4.39 Å². The molecule has 0 aliphatic rings. The lowest BCUT2D eigenvalue weighted by Gasteiger charge is -2.22. The molecule has 1 amide bonds. The smallest absolute Gasteiger partial charge is 0.243 e. The van der Waals surface area contributed by atoms with Gasteiger partial charge in [-0.25, -0.2) is 17.8 Å². The molecular formula is C25H23ClFN5O3S2. The lowest BCUT2D eigenvalue weighted by atomic mass is 10.2. The number of rotatable bonds is 11. The monoisotopic (exact) mass is 559 g/mol. The van der Waals surface area contributed by atoms with Crippen molar-refractivity contribution in [2.45, 2.75) is 16.6 Å². The summed E-state index contributed by atoms with van der Waals surface area (Å²) in [5.41, 5.74) is 1.46. The van der Waals surface area contributed by atoms with E-state index in [9.17, 15) is 17.6 Å². The molecule has 12 heteroatoms. The maximum atomic E-state index is 13.3. The summed E-state index contributed by atoms with van der Waals surface area (Å²) in [6, 6.07) is 20.7. The number of hydrogen-bond acceptors (Lipinski definition) is 6. The highest BCUT2D eigenvalue weighted by atomic mass is 35.5. The molecular weight excluding hydrogens is 537 g/mol. The maximum Gasteiger partial charge on any atom is 0.243 e. The van der Waals surface area contributed by atoms with E-state index in [-0.39, 0.29) is 18.0 Å². The first-order chi connectivity index (χ1) is 17.8. The molecule has 0 bridgehead atoms. The van der Waals surface area contributed by atoms with Crippen molar-refractivity contribution in [1.82, 2.24) is 24.8 Å². The first-order valence-corrected chi connectivity index (χ1v) is 14.0. The largest absolute Gasteiger partial charge is 0.354 e. The van der Waals surface area contributed by atoms with E-state index in [4.69, 9.17) is 11.6 Å². The van der Waals surface area contributed by atoms with Gasteiger partial charge < -0.3 is 5.32 Å². The number of nitrogens with zero attached hydrogens (tertiary/aromatic N) is 3. The van der Waals surface area contributed by atoms with Gasteiger partial charge in [0.2, 0.25) is 21.1 Å². The Labute approximate surface area is 223 Å². The molecule has 0 unspecified atom stereocenters. The van der Waals surface area contributed by atoms with Gasteiger partial charge in [-0.3, -0.25) is 9.89 Å². The topological polar surface area (TPSA) is 108 Å². The summed E-state index contributed by atoms with van der Waals surface area (Å²) in [6.45, 7) is -0.233. The zero-order valence-corrected chi connectivity index (χ0v) is 21.9. The molecule has 192 valence electrons. The highest BCUT2D eigenvalue weighted by Gasteiger charge is 2.27. The molecule has 37 heavy (non-hydrogen) atoms. The summed E-state index contributed by atoms with van der Waals surface area (Å²) < 4.78 is 41.0. The van der Waals surface area contributed by atoms with Crippen LogP contribution in [0.1, 0.15) is 5.56 Å². The van der Waals surface area contributed by atoms with Gasteiger partial charge in [0, 0.05) is 29.4 Å². The van der Waals surface area contributed by atoms with Crippen LogP contribution in [0.5, 0.6) is 0 Å². The third-order valence-corrected chi connectivity index (χ3v) is 8.12. The number of carbonyl (C=O) groups excluding carboxylic acids is 1. The standard InChI is InChI=1S/C25H23ClFN5O3S2/c26-20-8-12-22(13-9-20)37(34,35)32(16-18-6-10-21(27)11-7-18)17-23(33)28-14-15-36-25-29-24(30-31-25)19-4-2-1-3-5-19/h1-13H,14-17H2,(H,28,33)(H,29,30,31). The fraction of sp³-hybridized carbons (Fsp3) is 0.160. The molecule has 4 aromatic rings. The average Bonchev–Trinajstić information content (AvgIpc) is 3.37. The van der Waals surface area contributed by atoms with Crippen molar-refractivity contribution in [2.75, 3.05) is 18.8 Å². The number of carbonyl (C=O) groups is 1. The molecule has 0 spiro atoms. The van der Waals surface area contributed by atoms with Gasteiger partial charge in [-0.2, -0.15) is 4.31 Å². The van der Waals surface area contributed by atoms with Crippen LogP contribution in [-0.4, -0.2) is 52.7 Å². The first-order valence-electron chi connectivity index (χ1n) is 11.2. The Hall–Kier alpha value is -3.25. The molecule has 2 N–H and O–H groups in total. The normalized spacial score (nSPS) is 11.5. The van der Waals surface area contributed by atoms with Crippen molar-refractivity contribution < 1.29 is 17.6 Å². The Bertz CT molecular complexity index is 1430. The predicted molar refractivity (Wildman–Crippen MR) is 141 cm³/mol. The van der Waals surface area contributed by atoms with E-state index in [1.165, 1.54) is 60.3 Å². The molecule has 0 saturated heterocycles. The van der Waals surface area contributed by atoms with Crippen LogP contribution in [0.15, 0.2) is 88.9 Å². The Morgan fingerprint density at radius 1 is 1.03 bits per heavy atom. The Balaban J connectivity index is 1.36. The van der Waals surface area contributed by atoms with Crippen molar-refractivity contribution in [3.63, 3.8) is 0 Å². The fourth-order valence-electron chi connectivity index (χ4n) is 3.36. The van der Waals surface area contributed by atoms with Crippen molar-refractivity contribution in [3.8, 4) is 11.4 Å². The van der Waals surface area contributed by atoms with Gasteiger partial charge in [-0.1, -0.05) is 65.8 Å². The molecule has 0 aliphatic heterocycles. The summed E-state index contributed by atoms with van der Waals surface area (Å²) in [5.74, 6) is 0.226. The highest BCUT2D eigenvalue weighted by Crippen LogP contribution is 2.21. The molecule has 8 nitrogen and oxygen atoms in total. The summed E-state index contributed by atoms with van der Waals surface area (Å²) in [5, 5.41) is 10.7. The van der Waals surface area contributed by atoms with Crippen LogP contribution in [-0.2, 0) is 21.4 Å². The zero-order chi connectivity index (χ0) is 26.3. The van der Waals surface area contributed by atoms with Gasteiger partial charge in [0.05, 0.1) is 11.4 Å². The third-order valence-electron chi connectivity index (χ3n) is 5.21. The maximum absolute atomic E-state index is 13.3. The Morgan fingerprint density at radius 3 is 2.43 bits per heavy atom. The Morgan fingerprint density at radius 2 is 1.73 bits per heavy atom. The molecule has 1 heterocycles. The Kier molecular flexibility index (Phi) is 8.93. The number of nitrogens with one attached hydrogen (secondary N) is 2. The molecule has 4 rings (SSSR count). The molecule has 0 aliphatic carbocycles. The van der Waals surface area contributed by atoms with E-state index >= 15 is 0 Å². The minimum absolute atomic E-state index is 0.00111. The van der Waals surface area contributed by atoms with E-state index in [0.717, 1.165) is 9.87 Å². The van der Waals surface area contributed by atoms with Crippen LogP contribution in [0.2, 0.25) is 5.02 Å². The van der Waals surface area contributed by atoms with E-state index in [1.807, 2.05) is 30.3 Å². The number of aromatic nitrogens is 3. The van der Waals surface area contributed by atoms with Gasteiger partial charge in [0.15, 0.2) is 5.82 Å².